The Morgan fingerprint density at radius 3 is 2.28 bits per heavy atom. The predicted molar refractivity (Wildman–Crippen MR) is 88.5 cm³/mol. The molecule has 0 atom stereocenters. The third kappa shape index (κ3) is 5.10. The predicted octanol–water partition coefficient (Wildman–Crippen LogP) is 3.01. The highest BCUT2D eigenvalue weighted by atomic mass is 32.2. The van der Waals surface area contributed by atoms with Gasteiger partial charge in [-0.1, -0.05) is 0 Å². The van der Waals surface area contributed by atoms with E-state index in [0.717, 1.165) is 18.2 Å². The van der Waals surface area contributed by atoms with Crippen LogP contribution in [0, 0.1) is 15.9 Å². The zero-order valence-corrected chi connectivity index (χ0v) is 15.0. The number of anilines is 1. The quantitative estimate of drug-likeness (QED) is 0.242. The van der Waals surface area contributed by atoms with E-state index in [0.29, 0.717) is 18.2 Å². The maximum absolute atomic E-state index is 13.7. The highest BCUT2D eigenvalue weighted by Gasteiger charge is 2.42. The van der Waals surface area contributed by atoms with Gasteiger partial charge < -0.3 is 9.47 Å². The van der Waals surface area contributed by atoms with Crippen molar-refractivity contribution in [2.75, 3.05) is 11.8 Å². The Balaban J connectivity index is 2.38. The molecule has 0 aliphatic carbocycles. The maximum Gasteiger partial charge on any atom is 0.491 e. The van der Waals surface area contributed by atoms with Gasteiger partial charge >= 0.3 is 17.8 Å². The van der Waals surface area contributed by atoms with Crippen LogP contribution >= 0.6 is 0 Å². The lowest BCUT2D eigenvalue weighted by molar-refractivity contribution is -0.386. The van der Waals surface area contributed by atoms with Crippen LogP contribution in [0.15, 0.2) is 41.3 Å². The van der Waals surface area contributed by atoms with Crippen molar-refractivity contribution in [3.05, 3.63) is 52.3 Å². The van der Waals surface area contributed by atoms with Gasteiger partial charge in [-0.2, -0.15) is 13.2 Å². The SMILES string of the molecule is COc1ccc(NS(=O)(=O)c2ccc(OC(=O)C(F)(F)F)c([N+](=O)[O-])c2)cc1F. The number of ether oxygens (including phenoxy) is 2. The lowest BCUT2D eigenvalue weighted by Gasteiger charge is -2.11. The number of halogens is 4. The molecule has 0 bridgehead atoms. The maximum atomic E-state index is 13.7. The number of carbonyl (C=O) groups is 1. The summed E-state index contributed by atoms with van der Waals surface area (Å²) >= 11 is 0. The van der Waals surface area contributed by atoms with Gasteiger partial charge in [0.1, 0.15) is 0 Å². The van der Waals surface area contributed by atoms with E-state index in [9.17, 15) is 40.9 Å². The van der Waals surface area contributed by atoms with Crippen molar-refractivity contribution < 1.29 is 45.2 Å². The number of hydrogen-bond donors (Lipinski definition) is 1. The van der Waals surface area contributed by atoms with E-state index >= 15 is 0 Å². The highest BCUT2D eigenvalue weighted by molar-refractivity contribution is 7.92. The molecule has 0 spiro atoms. The van der Waals surface area contributed by atoms with Gasteiger partial charge in [-0.3, -0.25) is 14.8 Å². The molecule has 0 aliphatic heterocycles. The first-order valence-electron chi connectivity index (χ1n) is 7.29. The van der Waals surface area contributed by atoms with Crippen molar-refractivity contribution in [3.8, 4) is 11.5 Å². The second-order valence-corrected chi connectivity index (χ2v) is 6.91. The minimum absolute atomic E-state index is 0.167. The summed E-state index contributed by atoms with van der Waals surface area (Å²) in [6, 6.07) is 4.63. The van der Waals surface area contributed by atoms with Crippen molar-refractivity contribution in [1.82, 2.24) is 0 Å². The molecular weight excluding hydrogens is 428 g/mol. The van der Waals surface area contributed by atoms with Crippen molar-refractivity contribution in [2.24, 2.45) is 0 Å². The van der Waals surface area contributed by atoms with Crippen LogP contribution < -0.4 is 14.2 Å². The fraction of sp³-hybridized carbons (Fsp3) is 0.133. The summed E-state index contributed by atoms with van der Waals surface area (Å²) < 4.78 is 85.8. The first kappa shape index (κ1) is 21.9. The summed E-state index contributed by atoms with van der Waals surface area (Å²) in [5.41, 5.74) is -1.45. The number of nitro groups is 1. The number of hydrogen-bond acceptors (Lipinski definition) is 7. The molecule has 0 aromatic heterocycles. The van der Waals surface area contributed by atoms with Gasteiger partial charge in [0.15, 0.2) is 11.6 Å². The van der Waals surface area contributed by atoms with Gasteiger partial charge in [0.05, 0.1) is 22.6 Å². The van der Waals surface area contributed by atoms with E-state index in [1.54, 1.807) is 0 Å². The van der Waals surface area contributed by atoms with E-state index in [4.69, 9.17) is 0 Å². The number of esters is 1. The van der Waals surface area contributed by atoms with Gasteiger partial charge in [-0.15, -0.1) is 0 Å². The molecule has 0 fully saturated rings. The van der Waals surface area contributed by atoms with Crippen LogP contribution in [0.1, 0.15) is 0 Å². The lowest BCUT2D eigenvalue weighted by atomic mass is 10.3. The minimum atomic E-state index is -5.42. The molecule has 1 N–H and O–H groups in total. The molecule has 14 heteroatoms. The van der Waals surface area contributed by atoms with E-state index in [2.05, 4.69) is 9.47 Å². The standard InChI is InChI=1S/C15H10F4N2O7S/c1-27-12-4-2-8(6-10(12)16)20-29(25,26)9-3-5-13(11(7-9)21(23)24)28-14(22)15(17,18)19/h2-7,20H,1H3. The number of nitro benzene ring substituents is 1. The van der Waals surface area contributed by atoms with Crippen LogP contribution in [0.3, 0.4) is 0 Å². The number of carbonyl (C=O) groups excluding carboxylic acids is 1. The van der Waals surface area contributed by atoms with E-state index in [1.807, 2.05) is 4.72 Å². The third-order valence-electron chi connectivity index (χ3n) is 3.28. The fourth-order valence-corrected chi connectivity index (χ4v) is 3.06. The first-order valence-corrected chi connectivity index (χ1v) is 8.77. The molecule has 0 unspecified atom stereocenters. The van der Waals surface area contributed by atoms with Crippen molar-refractivity contribution in [1.29, 1.82) is 0 Å². The smallest absolute Gasteiger partial charge is 0.491 e. The number of benzene rings is 2. The Kier molecular flexibility index (Phi) is 5.96. The Morgan fingerprint density at radius 1 is 1.14 bits per heavy atom. The molecular formula is C15H10F4N2O7S. The number of sulfonamides is 1. The number of alkyl halides is 3. The fourth-order valence-electron chi connectivity index (χ4n) is 2.00. The van der Waals surface area contributed by atoms with E-state index in [1.165, 1.54) is 7.11 Å². The second kappa shape index (κ2) is 7.90. The Bertz CT molecular complexity index is 1070. The van der Waals surface area contributed by atoms with Crippen molar-refractivity contribution in [2.45, 2.75) is 11.1 Å². The summed E-state index contributed by atoms with van der Waals surface area (Å²) in [7, 11) is -3.31. The number of rotatable bonds is 6. The Morgan fingerprint density at radius 2 is 1.76 bits per heavy atom. The van der Waals surface area contributed by atoms with Crippen LogP contribution in [0.5, 0.6) is 11.5 Å². The third-order valence-corrected chi connectivity index (χ3v) is 4.65. The molecule has 0 radical (unpaired) electrons. The molecule has 0 saturated carbocycles. The first-order chi connectivity index (χ1) is 13.3. The van der Waals surface area contributed by atoms with E-state index < -0.39 is 49.2 Å². The molecule has 156 valence electrons. The van der Waals surface area contributed by atoms with Crippen molar-refractivity contribution in [3.63, 3.8) is 0 Å². The average Bonchev–Trinajstić information content (AvgIpc) is 2.60. The van der Waals surface area contributed by atoms with Gasteiger partial charge in [-0.25, -0.2) is 17.6 Å². The zero-order chi connectivity index (χ0) is 22.0. The second-order valence-electron chi connectivity index (χ2n) is 5.23. The zero-order valence-electron chi connectivity index (χ0n) is 14.2. The molecule has 2 rings (SSSR count). The summed E-state index contributed by atoms with van der Waals surface area (Å²) in [5.74, 6) is -4.89. The Hall–Kier alpha value is -3.42. The summed E-state index contributed by atoms with van der Waals surface area (Å²) in [6.07, 6.45) is -5.42. The van der Waals surface area contributed by atoms with Gasteiger partial charge in [0.2, 0.25) is 5.75 Å². The molecule has 0 aliphatic rings. The number of nitrogens with one attached hydrogen (secondary N) is 1. The monoisotopic (exact) mass is 438 g/mol. The molecule has 29 heavy (non-hydrogen) atoms. The molecule has 2 aromatic rings. The normalized spacial score (nSPS) is 11.6. The van der Waals surface area contributed by atoms with Crippen LogP contribution in [-0.4, -0.2) is 32.6 Å². The highest BCUT2D eigenvalue weighted by Crippen LogP contribution is 2.32. The van der Waals surface area contributed by atoms with Crippen LogP contribution in [-0.2, 0) is 14.8 Å². The minimum Gasteiger partial charge on any atom is -0.494 e. The molecule has 0 heterocycles. The largest absolute Gasteiger partial charge is 0.494 e. The summed E-state index contributed by atoms with van der Waals surface area (Å²) in [5, 5.41) is 11.1. The van der Waals surface area contributed by atoms with Crippen LogP contribution in [0.2, 0.25) is 0 Å². The number of nitrogens with zero attached hydrogens (tertiary/aromatic N) is 1. The molecule has 0 saturated heterocycles. The van der Waals surface area contributed by atoms with E-state index in [-0.39, 0.29) is 11.4 Å². The Labute approximate surface area is 160 Å². The molecule has 0 amide bonds. The molecule has 9 nitrogen and oxygen atoms in total. The number of methoxy groups -OCH3 is 1. The van der Waals surface area contributed by atoms with Gasteiger partial charge in [-0.05, 0) is 24.3 Å². The van der Waals surface area contributed by atoms with Crippen LogP contribution in [0.4, 0.5) is 28.9 Å². The average molecular weight is 438 g/mol. The lowest BCUT2D eigenvalue weighted by Crippen LogP contribution is -2.28. The summed E-state index contributed by atoms with van der Waals surface area (Å²) in [4.78, 5) is 20.0. The summed E-state index contributed by atoms with van der Waals surface area (Å²) in [6.45, 7) is 0. The van der Waals surface area contributed by atoms with Crippen LogP contribution in [0.25, 0.3) is 0 Å². The topological polar surface area (TPSA) is 125 Å². The van der Waals surface area contributed by atoms with Gasteiger partial charge in [0.25, 0.3) is 10.0 Å². The van der Waals surface area contributed by atoms with Gasteiger partial charge in [0, 0.05) is 12.1 Å². The molecule has 2 aromatic carbocycles. The van der Waals surface area contributed by atoms with Crippen molar-refractivity contribution >= 4 is 27.4 Å².